The molecule has 1 amide bonds. The van der Waals surface area contributed by atoms with Gasteiger partial charge in [-0.25, -0.2) is 0 Å². The standard InChI is InChI=1S/C13H6Cl3F3N4O/c1-4(24)21-12-5(3-20)11(22-23-12)8-7(14)2-6(13(17,18)19)9(15)10(8)16/h2H,1H3,(H2,21,22,23,24). The summed E-state index contributed by atoms with van der Waals surface area (Å²) in [5, 5.41) is 16.1. The fraction of sp³-hybridized carbons (Fsp3) is 0.154. The molecule has 0 aliphatic heterocycles. The van der Waals surface area contributed by atoms with E-state index in [9.17, 15) is 23.2 Å². The van der Waals surface area contributed by atoms with Crippen molar-refractivity contribution in [2.24, 2.45) is 0 Å². The monoisotopic (exact) mass is 396 g/mol. The Labute approximate surface area is 148 Å². The van der Waals surface area contributed by atoms with Crippen LogP contribution in [0.4, 0.5) is 19.0 Å². The van der Waals surface area contributed by atoms with Gasteiger partial charge in [-0.05, 0) is 6.07 Å². The number of anilines is 1. The predicted molar refractivity (Wildman–Crippen MR) is 83.1 cm³/mol. The molecule has 0 unspecified atom stereocenters. The summed E-state index contributed by atoms with van der Waals surface area (Å²) < 4.78 is 38.7. The molecule has 0 bridgehead atoms. The maximum atomic E-state index is 12.9. The van der Waals surface area contributed by atoms with Gasteiger partial charge in [0, 0.05) is 12.5 Å². The Morgan fingerprint density at radius 2 is 1.96 bits per heavy atom. The van der Waals surface area contributed by atoms with E-state index < -0.39 is 32.7 Å². The van der Waals surface area contributed by atoms with E-state index in [-0.39, 0.29) is 22.6 Å². The average Bonchev–Trinajstić information content (AvgIpc) is 2.83. The van der Waals surface area contributed by atoms with Crippen molar-refractivity contribution in [1.82, 2.24) is 10.2 Å². The molecular weight excluding hydrogens is 392 g/mol. The summed E-state index contributed by atoms with van der Waals surface area (Å²) in [6.07, 6.45) is -4.76. The molecule has 0 aliphatic carbocycles. The van der Waals surface area contributed by atoms with Crippen LogP contribution in [0.2, 0.25) is 15.1 Å². The first-order valence-electron chi connectivity index (χ1n) is 6.09. The van der Waals surface area contributed by atoms with Crippen LogP contribution in [0.1, 0.15) is 18.1 Å². The summed E-state index contributed by atoms with van der Waals surface area (Å²) >= 11 is 17.5. The number of aromatic amines is 1. The number of hydrogen-bond acceptors (Lipinski definition) is 3. The van der Waals surface area contributed by atoms with Crippen molar-refractivity contribution in [1.29, 1.82) is 5.26 Å². The van der Waals surface area contributed by atoms with E-state index in [1.54, 1.807) is 6.07 Å². The molecule has 2 rings (SSSR count). The Bertz CT molecular complexity index is 871. The number of amides is 1. The van der Waals surface area contributed by atoms with Crippen LogP contribution in [0.25, 0.3) is 11.3 Å². The largest absolute Gasteiger partial charge is 0.417 e. The highest BCUT2D eigenvalue weighted by Crippen LogP contribution is 2.46. The molecule has 1 heterocycles. The van der Waals surface area contributed by atoms with Crippen LogP contribution in [0.15, 0.2) is 6.07 Å². The zero-order chi connectivity index (χ0) is 18.2. The Kier molecular flexibility index (Phi) is 4.99. The average molecular weight is 398 g/mol. The third-order valence-corrected chi connectivity index (χ3v) is 4.05. The van der Waals surface area contributed by atoms with Crippen molar-refractivity contribution in [3.05, 3.63) is 32.3 Å². The number of halogens is 6. The van der Waals surface area contributed by atoms with Gasteiger partial charge in [0.2, 0.25) is 5.91 Å². The lowest BCUT2D eigenvalue weighted by atomic mass is 10.0. The van der Waals surface area contributed by atoms with Crippen molar-refractivity contribution < 1.29 is 18.0 Å². The number of alkyl halides is 3. The van der Waals surface area contributed by atoms with Crippen molar-refractivity contribution in [3.8, 4) is 17.3 Å². The zero-order valence-corrected chi connectivity index (χ0v) is 13.9. The van der Waals surface area contributed by atoms with Crippen LogP contribution in [0.3, 0.4) is 0 Å². The summed E-state index contributed by atoms with van der Waals surface area (Å²) in [5.74, 6) is -0.521. The topological polar surface area (TPSA) is 81.6 Å². The minimum absolute atomic E-state index is 0.0387. The summed E-state index contributed by atoms with van der Waals surface area (Å²) in [6.45, 7) is 1.20. The highest BCUT2D eigenvalue weighted by Gasteiger charge is 2.36. The van der Waals surface area contributed by atoms with E-state index in [1.807, 2.05) is 0 Å². The highest BCUT2D eigenvalue weighted by molar-refractivity contribution is 6.46. The molecule has 2 N–H and O–H groups in total. The van der Waals surface area contributed by atoms with E-state index in [1.165, 1.54) is 6.92 Å². The third-order valence-electron chi connectivity index (χ3n) is 2.88. The molecule has 0 aliphatic rings. The van der Waals surface area contributed by atoms with Crippen molar-refractivity contribution in [3.63, 3.8) is 0 Å². The summed E-state index contributed by atoms with van der Waals surface area (Å²) in [4.78, 5) is 11.1. The normalized spacial score (nSPS) is 11.2. The molecule has 0 atom stereocenters. The zero-order valence-electron chi connectivity index (χ0n) is 11.6. The number of rotatable bonds is 2. The van der Waals surface area contributed by atoms with Gasteiger partial charge in [0.1, 0.15) is 23.1 Å². The minimum atomic E-state index is -4.76. The number of nitriles is 1. The summed E-state index contributed by atoms with van der Waals surface area (Å²) in [7, 11) is 0. The Hall–Kier alpha value is -1.95. The van der Waals surface area contributed by atoms with E-state index in [2.05, 4.69) is 15.5 Å². The Morgan fingerprint density at radius 3 is 2.46 bits per heavy atom. The van der Waals surface area contributed by atoms with Gasteiger partial charge in [0.05, 0.1) is 20.6 Å². The van der Waals surface area contributed by atoms with Crippen LogP contribution >= 0.6 is 34.8 Å². The lowest BCUT2D eigenvalue weighted by Crippen LogP contribution is -2.07. The third kappa shape index (κ3) is 3.29. The smallest absolute Gasteiger partial charge is 0.310 e. The molecule has 5 nitrogen and oxygen atoms in total. The van der Waals surface area contributed by atoms with Crippen molar-refractivity contribution in [2.45, 2.75) is 13.1 Å². The number of nitrogens with zero attached hydrogens (tertiary/aromatic N) is 2. The lowest BCUT2D eigenvalue weighted by Gasteiger charge is -2.14. The van der Waals surface area contributed by atoms with Crippen LogP contribution in [-0.4, -0.2) is 16.1 Å². The quantitative estimate of drug-likeness (QED) is 0.708. The molecule has 2 aromatic rings. The number of carbonyl (C=O) groups is 1. The van der Waals surface area contributed by atoms with Gasteiger partial charge < -0.3 is 5.32 Å². The van der Waals surface area contributed by atoms with E-state index in [0.717, 1.165) is 0 Å². The van der Waals surface area contributed by atoms with Gasteiger partial charge in [0.25, 0.3) is 0 Å². The van der Waals surface area contributed by atoms with Gasteiger partial charge in [-0.2, -0.15) is 23.5 Å². The van der Waals surface area contributed by atoms with Crippen LogP contribution in [0.5, 0.6) is 0 Å². The van der Waals surface area contributed by atoms with Crippen molar-refractivity contribution in [2.75, 3.05) is 5.32 Å². The fourth-order valence-corrected chi connectivity index (χ4v) is 2.81. The van der Waals surface area contributed by atoms with Gasteiger partial charge in [-0.15, -0.1) is 0 Å². The maximum Gasteiger partial charge on any atom is 0.417 e. The summed E-state index contributed by atoms with van der Waals surface area (Å²) in [5.41, 5.74) is -1.64. The summed E-state index contributed by atoms with van der Waals surface area (Å²) in [6, 6.07) is 2.37. The number of carbonyl (C=O) groups excluding carboxylic acids is 1. The first-order chi connectivity index (χ1) is 11.1. The molecule has 0 saturated carbocycles. The SMILES string of the molecule is CC(=O)Nc1[nH]nc(-c2c(Cl)cc(C(F)(F)F)c(Cl)c2Cl)c1C#N. The second kappa shape index (κ2) is 6.51. The Morgan fingerprint density at radius 1 is 1.33 bits per heavy atom. The van der Waals surface area contributed by atoms with Gasteiger partial charge >= 0.3 is 6.18 Å². The molecule has 1 aromatic carbocycles. The number of aromatic nitrogens is 2. The van der Waals surface area contributed by atoms with Gasteiger partial charge in [0.15, 0.2) is 0 Å². The highest BCUT2D eigenvalue weighted by atomic mass is 35.5. The fourth-order valence-electron chi connectivity index (χ4n) is 1.92. The lowest BCUT2D eigenvalue weighted by molar-refractivity contribution is -0.137. The first-order valence-corrected chi connectivity index (χ1v) is 7.22. The molecule has 0 fully saturated rings. The van der Waals surface area contributed by atoms with Crippen LogP contribution < -0.4 is 5.32 Å². The second-order valence-corrected chi connectivity index (χ2v) is 5.69. The number of H-pyrrole nitrogens is 1. The molecule has 126 valence electrons. The van der Waals surface area contributed by atoms with Gasteiger partial charge in [-0.3, -0.25) is 9.89 Å². The number of hydrogen-bond donors (Lipinski definition) is 2. The van der Waals surface area contributed by atoms with Crippen LogP contribution in [0, 0.1) is 11.3 Å². The van der Waals surface area contributed by atoms with Crippen LogP contribution in [-0.2, 0) is 11.0 Å². The first kappa shape index (κ1) is 18.4. The Balaban J connectivity index is 2.71. The predicted octanol–water partition coefficient (Wildman–Crippen LogP) is 4.89. The van der Waals surface area contributed by atoms with E-state index >= 15 is 0 Å². The minimum Gasteiger partial charge on any atom is -0.310 e. The molecule has 1 aromatic heterocycles. The maximum absolute atomic E-state index is 12.9. The second-order valence-electron chi connectivity index (χ2n) is 4.52. The number of nitrogens with one attached hydrogen (secondary N) is 2. The molecule has 24 heavy (non-hydrogen) atoms. The number of benzene rings is 1. The van der Waals surface area contributed by atoms with Gasteiger partial charge in [-0.1, -0.05) is 34.8 Å². The molecule has 0 radical (unpaired) electrons. The van der Waals surface area contributed by atoms with E-state index in [4.69, 9.17) is 34.8 Å². The molecule has 0 saturated heterocycles. The molecule has 0 spiro atoms. The molecule has 11 heteroatoms. The van der Waals surface area contributed by atoms with E-state index in [0.29, 0.717) is 6.07 Å². The van der Waals surface area contributed by atoms with Crippen molar-refractivity contribution >= 4 is 46.5 Å². The molecular formula is C13H6Cl3F3N4O.